The van der Waals surface area contributed by atoms with Gasteiger partial charge >= 0.3 is 4.87 Å². The molecule has 35 heavy (non-hydrogen) atoms. The Morgan fingerprint density at radius 3 is 2.66 bits per heavy atom. The molecule has 2 aliphatic carbocycles. The highest BCUT2D eigenvalue weighted by Crippen LogP contribution is 2.64. The van der Waals surface area contributed by atoms with E-state index in [1.54, 1.807) is 0 Å². The Hall–Kier alpha value is -2.13. The van der Waals surface area contributed by atoms with Gasteiger partial charge in [0.05, 0.1) is 11.6 Å². The molecule has 178 valence electrons. The number of aromatic amines is 1. The molecule has 3 aliphatic rings. The van der Waals surface area contributed by atoms with Crippen molar-refractivity contribution in [1.29, 1.82) is 0 Å². The number of nitrogens with one attached hydrogen (secondary N) is 1. The predicted molar refractivity (Wildman–Crippen MR) is 144 cm³/mol. The average molecular weight is 539 g/mol. The molecule has 3 heterocycles. The fourth-order valence-corrected chi connectivity index (χ4v) is 10.1. The minimum Gasteiger partial charge on any atom is -0.286 e. The van der Waals surface area contributed by atoms with E-state index in [4.69, 9.17) is 23.8 Å². The number of nitrogens with zero attached hydrogens (tertiary/aromatic N) is 3. The summed E-state index contributed by atoms with van der Waals surface area (Å²) in [6.07, 6.45) is 3.94. The van der Waals surface area contributed by atoms with Crippen LogP contribution in [0.15, 0.2) is 64.4 Å². The van der Waals surface area contributed by atoms with Crippen LogP contribution in [0.1, 0.15) is 41.4 Å². The van der Waals surface area contributed by atoms with Crippen LogP contribution in [0.5, 0.6) is 0 Å². The van der Waals surface area contributed by atoms with Crippen molar-refractivity contribution in [3.05, 3.63) is 90.3 Å². The first-order valence-electron chi connectivity index (χ1n) is 12.0. The molecule has 0 amide bonds. The van der Waals surface area contributed by atoms with Gasteiger partial charge in [0.15, 0.2) is 10.6 Å². The molecular formula is C26H23ClN4OS3. The van der Waals surface area contributed by atoms with Gasteiger partial charge in [-0.3, -0.25) is 19.0 Å². The van der Waals surface area contributed by atoms with Crippen LogP contribution in [0.3, 0.4) is 0 Å². The highest BCUT2D eigenvalue weighted by atomic mass is 35.5. The SMILES string of the molecule is O=c1sc2c(n1Cc1n[nH]c(=S)n1-c1ccccc1)SC1C3CCC(C3)C1C2c1ccc(Cl)cc1. The number of benzene rings is 2. The molecule has 0 saturated heterocycles. The van der Waals surface area contributed by atoms with Gasteiger partial charge in [0.1, 0.15) is 0 Å². The van der Waals surface area contributed by atoms with Gasteiger partial charge in [0.2, 0.25) is 0 Å². The Labute approximate surface area is 221 Å². The minimum atomic E-state index is 0.0716. The Bertz CT molecular complexity index is 1520. The van der Waals surface area contributed by atoms with Crippen LogP contribution >= 0.6 is 46.9 Å². The number of para-hydroxylation sites is 1. The molecule has 7 rings (SSSR count). The Balaban J connectivity index is 1.35. The van der Waals surface area contributed by atoms with Crippen molar-refractivity contribution in [1.82, 2.24) is 19.3 Å². The maximum absolute atomic E-state index is 13.5. The summed E-state index contributed by atoms with van der Waals surface area (Å²) in [5.41, 5.74) is 2.22. The fraction of sp³-hybridized carbons (Fsp3) is 0.346. The van der Waals surface area contributed by atoms with E-state index in [2.05, 4.69) is 22.3 Å². The summed E-state index contributed by atoms with van der Waals surface area (Å²) >= 11 is 15.1. The summed E-state index contributed by atoms with van der Waals surface area (Å²) < 4.78 is 4.39. The Morgan fingerprint density at radius 2 is 1.86 bits per heavy atom. The number of hydrogen-bond donors (Lipinski definition) is 1. The van der Waals surface area contributed by atoms with Crippen LogP contribution in [0, 0.1) is 22.5 Å². The number of H-pyrrole nitrogens is 1. The number of thioether (sulfide) groups is 1. The van der Waals surface area contributed by atoms with Crippen LogP contribution in [-0.4, -0.2) is 24.6 Å². The van der Waals surface area contributed by atoms with Crippen molar-refractivity contribution in [3.63, 3.8) is 0 Å². The Morgan fingerprint density at radius 1 is 1.09 bits per heavy atom. The maximum Gasteiger partial charge on any atom is 0.308 e. The van der Waals surface area contributed by atoms with Gasteiger partial charge in [-0.25, -0.2) is 0 Å². The van der Waals surface area contributed by atoms with Crippen molar-refractivity contribution >= 4 is 46.9 Å². The summed E-state index contributed by atoms with van der Waals surface area (Å²) in [6, 6.07) is 18.2. The van der Waals surface area contributed by atoms with Gasteiger partial charge in [-0.2, -0.15) is 5.10 Å². The predicted octanol–water partition coefficient (Wildman–Crippen LogP) is 6.51. The summed E-state index contributed by atoms with van der Waals surface area (Å²) in [7, 11) is 0. The number of thiazole rings is 1. The second kappa shape index (κ2) is 8.47. The topological polar surface area (TPSA) is 55.6 Å². The lowest BCUT2D eigenvalue weighted by Crippen LogP contribution is -2.34. The van der Waals surface area contributed by atoms with E-state index in [0.29, 0.717) is 22.5 Å². The fourth-order valence-electron chi connectivity index (χ4n) is 6.55. The zero-order valence-electron chi connectivity index (χ0n) is 18.8. The molecule has 2 saturated carbocycles. The normalized spacial score (nSPS) is 26.6. The molecule has 2 aromatic carbocycles. The number of halogens is 1. The van der Waals surface area contributed by atoms with Crippen molar-refractivity contribution in [2.75, 3.05) is 0 Å². The summed E-state index contributed by atoms with van der Waals surface area (Å²) in [4.78, 5) is 14.7. The van der Waals surface area contributed by atoms with Gasteiger partial charge in [-0.05, 0) is 79.1 Å². The molecule has 2 bridgehead atoms. The third-order valence-electron chi connectivity index (χ3n) is 7.98. The Kier molecular flexibility index (Phi) is 5.35. The molecule has 0 spiro atoms. The van der Waals surface area contributed by atoms with Crippen molar-refractivity contribution < 1.29 is 0 Å². The van der Waals surface area contributed by atoms with E-state index in [1.807, 2.05) is 63.4 Å². The standard InChI is InChI=1S/C26H23ClN4OS3/c27-17-10-8-14(9-11-17)20-21-15-6-7-16(12-15)22(21)34-24-23(20)35-26(32)30(24)13-19-28-29-25(33)31(19)18-4-2-1-3-5-18/h1-5,8-11,15-16,20-22H,6-7,12-13H2,(H,29,33). The van der Waals surface area contributed by atoms with E-state index < -0.39 is 0 Å². The zero-order valence-corrected chi connectivity index (χ0v) is 22.0. The van der Waals surface area contributed by atoms with Crippen molar-refractivity contribution in [3.8, 4) is 5.69 Å². The minimum absolute atomic E-state index is 0.0716. The highest BCUT2D eigenvalue weighted by molar-refractivity contribution is 8.00. The molecule has 5 unspecified atom stereocenters. The molecule has 5 nitrogen and oxygen atoms in total. The van der Waals surface area contributed by atoms with Gasteiger partial charge < -0.3 is 0 Å². The number of aromatic nitrogens is 4. The van der Waals surface area contributed by atoms with E-state index >= 15 is 0 Å². The third kappa shape index (κ3) is 3.52. The lowest BCUT2D eigenvalue weighted by molar-refractivity contribution is 0.306. The van der Waals surface area contributed by atoms with Gasteiger partial charge in [-0.1, -0.05) is 53.3 Å². The molecule has 0 radical (unpaired) electrons. The van der Waals surface area contributed by atoms with Crippen molar-refractivity contribution in [2.45, 2.75) is 42.0 Å². The second-order valence-electron chi connectivity index (χ2n) is 9.76. The van der Waals surface area contributed by atoms with Crippen LogP contribution in [-0.2, 0) is 6.54 Å². The summed E-state index contributed by atoms with van der Waals surface area (Å²) in [5.74, 6) is 3.05. The molecule has 5 atom stereocenters. The summed E-state index contributed by atoms with van der Waals surface area (Å²) in [5, 5.41) is 9.86. The summed E-state index contributed by atoms with van der Waals surface area (Å²) in [6.45, 7) is 0.387. The first-order chi connectivity index (χ1) is 17.1. The van der Waals surface area contributed by atoms with Crippen molar-refractivity contribution in [2.24, 2.45) is 17.8 Å². The van der Waals surface area contributed by atoms with Crippen LogP contribution in [0.4, 0.5) is 0 Å². The monoisotopic (exact) mass is 538 g/mol. The van der Waals surface area contributed by atoms with E-state index in [0.717, 1.165) is 33.4 Å². The molecule has 2 aromatic heterocycles. The van der Waals surface area contributed by atoms with Gasteiger partial charge in [0.25, 0.3) is 0 Å². The number of hydrogen-bond acceptors (Lipinski definition) is 5. The first kappa shape index (κ1) is 22.1. The number of fused-ring (bicyclic) bond motifs is 6. The zero-order chi connectivity index (χ0) is 23.7. The second-order valence-corrected chi connectivity index (χ2v) is 12.7. The first-order valence-corrected chi connectivity index (χ1v) is 14.4. The van der Waals surface area contributed by atoms with E-state index in [9.17, 15) is 4.79 Å². The molecule has 4 aromatic rings. The molecular weight excluding hydrogens is 516 g/mol. The van der Waals surface area contributed by atoms with Gasteiger partial charge in [-0.15, -0.1) is 11.8 Å². The van der Waals surface area contributed by atoms with Crippen LogP contribution in [0.25, 0.3) is 5.69 Å². The largest absolute Gasteiger partial charge is 0.308 e. The van der Waals surface area contributed by atoms with Crippen LogP contribution < -0.4 is 4.87 Å². The molecule has 9 heteroatoms. The molecule has 2 fully saturated rings. The number of rotatable bonds is 4. The molecule has 1 N–H and O–H groups in total. The van der Waals surface area contributed by atoms with Gasteiger partial charge in [0, 0.05) is 26.8 Å². The molecule has 1 aliphatic heterocycles. The lowest BCUT2D eigenvalue weighted by Gasteiger charge is -2.40. The lowest BCUT2D eigenvalue weighted by atomic mass is 9.75. The quantitative estimate of drug-likeness (QED) is 0.301. The maximum atomic E-state index is 13.5. The van der Waals surface area contributed by atoms with E-state index in [-0.39, 0.29) is 10.8 Å². The average Bonchev–Trinajstić information content (AvgIpc) is 3.64. The van der Waals surface area contributed by atoms with Crippen LogP contribution in [0.2, 0.25) is 5.02 Å². The van der Waals surface area contributed by atoms with E-state index in [1.165, 1.54) is 41.0 Å². The third-order valence-corrected chi connectivity index (χ3v) is 11.3. The highest BCUT2D eigenvalue weighted by Gasteiger charge is 2.55. The smallest absolute Gasteiger partial charge is 0.286 e.